The van der Waals surface area contributed by atoms with Crippen LogP contribution in [0.2, 0.25) is 0 Å². The summed E-state index contributed by atoms with van der Waals surface area (Å²) in [4.78, 5) is 0. The SMILES string of the molecule is N[C@@H](c1cccc(Oc2ccccc2)c1)C1CCC1. The average molecular weight is 253 g/mol. The van der Waals surface area contributed by atoms with Crippen LogP contribution in [-0.2, 0) is 0 Å². The van der Waals surface area contributed by atoms with Crippen LogP contribution in [0.1, 0.15) is 30.9 Å². The molecule has 1 saturated carbocycles. The van der Waals surface area contributed by atoms with Gasteiger partial charge >= 0.3 is 0 Å². The van der Waals surface area contributed by atoms with Gasteiger partial charge in [0.1, 0.15) is 11.5 Å². The Labute approximate surface area is 114 Å². The molecule has 0 unspecified atom stereocenters. The van der Waals surface area contributed by atoms with Gasteiger partial charge in [0.15, 0.2) is 0 Å². The van der Waals surface area contributed by atoms with Crippen LogP contribution in [0.5, 0.6) is 11.5 Å². The zero-order chi connectivity index (χ0) is 13.1. The summed E-state index contributed by atoms with van der Waals surface area (Å²) in [7, 11) is 0. The van der Waals surface area contributed by atoms with Crippen molar-refractivity contribution >= 4 is 0 Å². The molecule has 0 bridgehead atoms. The van der Waals surface area contributed by atoms with Crippen molar-refractivity contribution < 1.29 is 4.74 Å². The topological polar surface area (TPSA) is 35.2 Å². The van der Waals surface area contributed by atoms with Crippen molar-refractivity contribution in [3.8, 4) is 11.5 Å². The van der Waals surface area contributed by atoms with Gasteiger partial charge in [-0.3, -0.25) is 0 Å². The van der Waals surface area contributed by atoms with Crippen LogP contribution in [0, 0.1) is 5.92 Å². The molecule has 0 saturated heterocycles. The normalized spacial score (nSPS) is 16.7. The van der Waals surface area contributed by atoms with E-state index in [0.29, 0.717) is 5.92 Å². The van der Waals surface area contributed by atoms with Crippen molar-refractivity contribution in [3.05, 3.63) is 60.2 Å². The molecule has 2 nitrogen and oxygen atoms in total. The van der Waals surface area contributed by atoms with Crippen LogP contribution in [0.15, 0.2) is 54.6 Å². The molecule has 0 spiro atoms. The first-order chi connectivity index (χ1) is 9.33. The lowest BCUT2D eigenvalue weighted by Gasteiger charge is -2.31. The third-order valence-corrected chi connectivity index (χ3v) is 3.88. The van der Waals surface area contributed by atoms with Gasteiger partial charge in [-0.1, -0.05) is 36.8 Å². The van der Waals surface area contributed by atoms with E-state index in [4.69, 9.17) is 10.5 Å². The third-order valence-electron chi connectivity index (χ3n) is 3.88. The van der Waals surface area contributed by atoms with E-state index in [2.05, 4.69) is 12.1 Å². The van der Waals surface area contributed by atoms with E-state index >= 15 is 0 Å². The number of hydrogen-bond donors (Lipinski definition) is 1. The van der Waals surface area contributed by atoms with Gasteiger partial charge in [0, 0.05) is 6.04 Å². The van der Waals surface area contributed by atoms with Crippen LogP contribution in [0.4, 0.5) is 0 Å². The molecule has 0 amide bonds. The van der Waals surface area contributed by atoms with Crippen molar-refractivity contribution in [1.29, 1.82) is 0 Å². The maximum atomic E-state index is 6.31. The molecule has 2 heteroatoms. The summed E-state index contributed by atoms with van der Waals surface area (Å²) in [6, 6.07) is 18.1. The molecular formula is C17H19NO. The molecule has 1 aliphatic rings. The number of benzene rings is 2. The summed E-state index contributed by atoms with van der Waals surface area (Å²) >= 11 is 0. The molecule has 2 aromatic carbocycles. The highest BCUT2D eigenvalue weighted by molar-refractivity contribution is 5.35. The summed E-state index contributed by atoms with van der Waals surface area (Å²) in [5, 5.41) is 0. The van der Waals surface area contributed by atoms with E-state index in [-0.39, 0.29) is 6.04 Å². The summed E-state index contributed by atoms with van der Waals surface area (Å²) in [6.45, 7) is 0. The number of rotatable bonds is 4. The maximum absolute atomic E-state index is 6.31. The van der Waals surface area contributed by atoms with Gasteiger partial charge in [0.2, 0.25) is 0 Å². The molecule has 0 aliphatic heterocycles. The summed E-state index contributed by atoms with van der Waals surface area (Å²) < 4.78 is 5.85. The Bertz CT molecular complexity index is 534. The van der Waals surface area contributed by atoms with Crippen LogP contribution < -0.4 is 10.5 Å². The Morgan fingerprint density at radius 3 is 2.37 bits per heavy atom. The van der Waals surface area contributed by atoms with Gasteiger partial charge < -0.3 is 10.5 Å². The van der Waals surface area contributed by atoms with E-state index in [1.165, 1.54) is 24.8 Å². The second-order valence-corrected chi connectivity index (χ2v) is 5.20. The predicted molar refractivity (Wildman–Crippen MR) is 77.2 cm³/mol. The first-order valence-electron chi connectivity index (χ1n) is 6.91. The molecule has 1 atom stereocenters. The monoisotopic (exact) mass is 253 g/mol. The number of nitrogens with two attached hydrogens (primary N) is 1. The average Bonchev–Trinajstić information content (AvgIpc) is 2.38. The molecule has 1 fully saturated rings. The number of ether oxygens (including phenoxy) is 1. The van der Waals surface area contributed by atoms with Crippen LogP contribution >= 0.6 is 0 Å². The second kappa shape index (κ2) is 5.45. The third kappa shape index (κ3) is 2.79. The lowest BCUT2D eigenvalue weighted by atomic mass is 9.77. The molecule has 2 aromatic rings. The van der Waals surface area contributed by atoms with Gasteiger partial charge in [0.05, 0.1) is 0 Å². The largest absolute Gasteiger partial charge is 0.457 e. The minimum absolute atomic E-state index is 0.146. The number of hydrogen-bond acceptors (Lipinski definition) is 2. The van der Waals surface area contributed by atoms with Crippen LogP contribution in [0.25, 0.3) is 0 Å². The second-order valence-electron chi connectivity index (χ2n) is 5.20. The fourth-order valence-corrected chi connectivity index (χ4v) is 2.48. The van der Waals surface area contributed by atoms with Gasteiger partial charge in [-0.05, 0) is 48.6 Å². The zero-order valence-electron chi connectivity index (χ0n) is 11.0. The zero-order valence-corrected chi connectivity index (χ0v) is 11.0. The molecule has 2 N–H and O–H groups in total. The van der Waals surface area contributed by atoms with E-state index in [9.17, 15) is 0 Å². The summed E-state index contributed by atoms with van der Waals surface area (Å²) in [5.41, 5.74) is 7.49. The van der Waals surface area contributed by atoms with Gasteiger partial charge in [0.25, 0.3) is 0 Å². The standard InChI is InChI=1S/C17H19NO/c18-17(13-6-4-7-13)14-8-5-11-16(12-14)19-15-9-2-1-3-10-15/h1-3,5,8-13,17H,4,6-7,18H2/t17-/m1/s1. The highest BCUT2D eigenvalue weighted by atomic mass is 16.5. The molecule has 3 rings (SSSR count). The van der Waals surface area contributed by atoms with E-state index < -0.39 is 0 Å². The Morgan fingerprint density at radius 2 is 1.68 bits per heavy atom. The van der Waals surface area contributed by atoms with Crippen molar-refractivity contribution in [2.45, 2.75) is 25.3 Å². The number of para-hydroxylation sites is 1. The molecule has 0 radical (unpaired) electrons. The fraction of sp³-hybridized carbons (Fsp3) is 0.294. The molecular weight excluding hydrogens is 234 g/mol. The highest BCUT2D eigenvalue weighted by Crippen LogP contribution is 2.37. The fourth-order valence-electron chi connectivity index (χ4n) is 2.48. The Morgan fingerprint density at radius 1 is 0.947 bits per heavy atom. The van der Waals surface area contributed by atoms with E-state index in [1.54, 1.807) is 0 Å². The van der Waals surface area contributed by atoms with Gasteiger partial charge in [-0.15, -0.1) is 0 Å². The minimum Gasteiger partial charge on any atom is -0.457 e. The molecule has 0 aromatic heterocycles. The first-order valence-corrected chi connectivity index (χ1v) is 6.91. The summed E-state index contributed by atoms with van der Waals surface area (Å²) in [5.74, 6) is 2.36. The smallest absolute Gasteiger partial charge is 0.127 e. The van der Waals surface area contributed by atoms with Gasteiger partial charge in [-0.2, -0.15) is 0 Å². The summed E-state index contributed by atoms with van der Waals surface area (Å²) in [6.07, 6.45) is 3.83. The Balaban J connectivity index is 1.76. The Kier molecular flexibility index (Phi) is 3.51. The van der Waals surface area contributed by atoms with Crippen molar-refractivity contribution in [2.24, 2.45) is 11.7 Å². The van der Waals surface area contributed by atoms with E-state index in [1.807, 2.05) is 42.5 Å². The predicted octanol–water partition coefficient (Wildman–Crippen LogP) is 4.28. The van der Waals surface area contributed by atoms with Crippen molar-refractivity contribution in [2.75, 3.05) is 0 Å². The lowest BCUT2D eigenvalue weighted by molar-refractivity contribution is 0.264. The first kappa shape index (κ1) is 12.2. The maximum Gasteiger partial charge on any atom is 0.127 e. The molecule has 0 heterocycles. The van der Waals surface area contributed by atoms with E-state index in [0.717, 1.165) is 11.5 Å². The molecule has 19 heavy (non-hydrogen) atoms. The van der Waals surface area contributed by atoms with Crippen LogP contribution in [-0.4, -0.2) is 0 Å². The quantitative estimate of drug-likeness (QED) is 0.882. The van der Waals surface area contributed by atoms with Crippen LogP contribution in [0.3, 0.4) is 0 Å². The molecule has 98 valence electrons. The minimum atomic E-state index is 0.146. The van der Waals surface area contributed by atoms with Crippen molar-refractivity contribution in [1.82, 2.24) is 0 Å². The van der Waals surface area contributed by atoms with Crippen molar-refractivity contribution in [3.63, 3.8) is 0 Å². The highest BCUT2D eigenvalue weighted by Gasteiger charge is 2.25. The van der Waals surface area contributed by atoms with Gasteiger partial charge in [-0.25, -0.2) is 0 Å². The molecule has 1 aliphatic carbocycles. The Hall–Kier alpha value is -1.80. The lowest BCUT2D eigenvalue weighted by Crippen LogP contribution is -2.26.